The van der Waals surface area contributed by atoms with Crippen molar-refractivity contribution < 1.29 is 4.74 Å². The van der Waals surface area contributed by atoms with Gasteiger partial charge < -0.3 is 4.74 Å². The molecule has 0 saturated carbocycles. The van der Waals surface area contributed by atoms with Crippen LogP contribution in [0.1, 0.15) is 12.0 Å². The zero-order valence-corrected chi connectivity index (χ0v) is 12.2. The van der Waals surface area contributed by atoms with Gasteiger partial charge in [-0.2, -0.15) is 0 Å². The highest BCUT2D eigenvalue weighted by Gasteiger charge is 2.09. The highest BCUT2D eigenvalue weighted by molar-refractivity contribution is 5.54. The Balaban J connectivity index is 1.50. The van der Waals surface area contributed by atoms with Gasteiger partial charge in [-0.1, -0.05) is 24.3 Å². The third-order valence-electron chi connectivity index (χ3n) is 3.82. The van der Waals surface area contributed by atoms with Crippen molar-refractivity contribution in [2.75, 3.05) is 32.8 Å². The molecule has 1 aromatic carbocycles. The summed E-state index contributed by atoms with van der Waals surface area (Å²) in [4.78, 5) is 11.0. The van der Waals surface area contributed by atoms with E-state index < -0.39 is 0 Å². The molecule has 0 radical (unpaired) electrons. The number of aryl methyl sites for hydroxylation is 1. The molecule has 3 rings (SSSR count). The van der Waals surface area contributed by atoms with E-state index in [1.54, 1.807) is 12.4 Å². The molecule has 1 saturated heterocycles. The number of hydrogen-bond donors (Lipinski definition) is 0. The van der Waals surface area contributed by atoms with Gasteiger partial charge in [0.2, 0.25) is 0 Å². The lowest BCUT2D eigenvalue weighted by Gasteiger charge is -2.26. The molecule has 0 spiro atoms. The Bertz CT molecular complexity index is 536. The maximum absolute atomic E-state index is 5.37. The summed E-state index contributed by atoms with van der Waals surface area (Å²) < 4.78 is 5.37. The zero-order chi connectivity index (χ0) is 14.3. The van der Waals surface area contributed by atoms with Crippen LogP contribution in [0.3, 0.4) is 0 Å². The van der Waals surface area contributed by atoms with E-state index in [1.807, 2.05) is 6.07 Å². The van der Waals surface area contributed by atoms with Crippen molar-refractivity contribution in [1.29, 1.82) is 0 Å². The van der Waals surface area contributed by atoms with Gasteiger partial charge in [0.25, 0.3) is 0 Å². The first-order valence-electron chi connectivity index (χ1n) is 7.58. The normalized spacial score (nSPS) is 16.0. The summed E-state index contributed by atoms with van der Waals surface area (Å²) in [6, 6.07) is 10.4. The number of rotatable bonds is 5. The van der Waals surface area contributed by atoms with E-state index in [1.165, 1.54) is 12.0 Å². The summed E-state index contributed by atoms with van der Waals surface area (Å²) in [6.45, 7) is 5.07. The number of morpholine rings is 1. The van der Waals surface area contributed by atoms with Gasteiger partial charge in [-0.3, -0.25) is 4.90 Å². The van der Waals surface area contributed by atoms with Crippen LogP contribution in [-0.2, 0) is 11.2 Å². The molecule has 1 aliphatic heterocycles. The number of nitrogens with zero attached hydrogens (tertiary/aromatic N) is 3. The van der Waals surface area contributed by atoms with Gasteiger partial charge in [-0.15, -0.1) is 0 Å². The first-order valence-corrected chi connectivity index (χ1v) is 7.58. The van der Waals surface area contributed by atoms with Gasteiger partial charge in [0.1, 0.15) is 0 Å². The van der Waals surface area contributed by atoms with E-state index >= 15 is 0 Å². The number of benzene rings is 1. The molecular formula is C17H21N3O. The molecule has 0 atom stereocenters. The van der Waals surface area contributed by atoms with Gasteiger partial charge in [0, 0.05) is 31.0 Å². The van der Waals surface area contributed by atoms with Crippen LogP contribution >= 0.6 is 0 Å². The quantitative estimate of drug-likeness (QED) is 0.844. The maximum Gasteiger partial charge on any atom is 0.159 e. The summed E-state index contributed by atoms with van der Waals surface area (Å²) in [5.41, 5.74) is 2.45. The van der Waals surface area contributed by atoms with Crippen molar-refractivity contribution in [2.24, 2.45) is 0 Å². The van der Waals surface area contributed by atoms with E-state index in [2.05, 4.69) is 39.1 Å². The Morgan fingerprint density at radius 3 is 2.43 bits per heavy atom. The zero-order valence-electron chi connectivity index (χ0n) is 12.2. The Morgan fingerprint density at radius 1 is 1.00 bits per heavy atom. The standard InChI is InChI=1S/C17H21N3O/c1(10-20-11-13-21-14-12-20)3-15-4-6-16(7-5-15)17-18-8-2-9-19-17/h2,4-9H,1,3,10-14H2. The van der Waals surface area contributed by atoms with Crippen molar-refractivity contribution in [3.8, 4) is 11.4 Å². The van der Waals surface area contributed by atoms with E-state index in [4.69, 9.17) is 4.74 Å². The molecule has 0 N–H and O–H groups in total. The molecule has 1 aromatic heterocycles. The van der Waals surface area contributed by atoms with Gasteiger partial charge >= 0.3 is 0 Å². The predicted octanol–water partition coefficient (Wildman–Crippen LogP) is 2.41. The molecule has 1 aliphatic rings. The van der Waals surface area contributed by atoms with Crippen molar-refractivity contribution in [3.63, 3.8) is 0 Å². The molecule has 0 amide bonds. The molecule has 2 aromatic rings. The summed E-state index contributed by atoms with van der Waals surface area (Å²) in [5, 5.41) is 0. The van der Waals surface area contributed by atoms with Crippen molar-refractivity contribution in [1.82, 2.24) is 14.9 Å². The smallest absolute Gasteiger partial charge is 0.159 e. The molecule has 4 nitrogen and oxygen atoms in total. The highest BCUT2D eigenvalue weighted by Crippen LogP contribution is 2.15. The van der Waals surface area contributed by atoms with Gasteiger partial charge in [0.05, 0.1) is 13.2 Å². The Hall–Kier alpha value is -1.78. The van der Waals surface area contributed by atoms with Crippen LogP contribution in [-0.4, -0.2) is 47.7 Å². The minimum atomic E-state index is 0.789. The molecular weight excluding hydrogens is 262 g/mol. The third-order valence-corrected chi connectivity index (χ3v) is 3.82. The SMILES string of the molecule is c1cnc(-c2ccc(CCCN3CCOCC3)cc2)nc1. The van der Waals surface area contributed by atoms with Crippen LogP contribution in [0.15, 0.2) is 42.7 Å². The first kappa shape index (κ1) is 14.2. The van der Waals surface area contributed by atoms with Crippen molar-refractivity contribution >= 4 is 0 Å². The number of ether oxygens (including phenoxy) is 1. The van der Waals surface area contributed by atoms with Crippen LogP contribution in [0, 0.1) is 0 Å². The summed E-state index contributed by atoms with van der Waals surface area (Å²) in [7, 11) is 0. The Morgan fingerprint density at radius 2 is 1.71 bits per heavy atom. The lowest BCUT2D eigenvalue weighted by Crippen LogP contribution is -2.36. The molecule has 4 heteroatoms. The lowest BCUT2D eigenvalue weighted by atomic mass is 10.1. The summed E-state index contributed by atoms with van der Waals surface area (Å²) >= 11 is 0. The van der Waals surface area contributed by atoms with E-state index in [0.717, 1.165) is 50.7 Å². The van der Waals surface area contributed by atoms with Gasteiger partial charge in [-0.25, -0.2) is 9.97 Å². The molecule has 0 bridgehead atoms. The minimum absolute atomic E-state index is 0.789. The second-order valence-corrected chi connectivity index (χ2v) is 5.33. The highest BCUT2D eigenvalue weighted by atomic mass is 16.5. The first-order chi connectivity index (χ1) is 10.4. The van der Waals surface area contributed by atoms with Gasteiger partial charge in [-0.05, 0) is 31.0 Å². The second-order valence-electron chi connectivity index (χ2n) is 5.33. The minimum Gasteiger partial charge on any atom is -0.379 e. The second kappa shape index (κ2) is 7.29. The molecule has 21 heavy (non-hydrogen) atoms. The molecule has 0 aliphatic carbocycles. The number of aromatic nitrogens is 2. The fourth-order valence-electron chi connectivity index (χ4n) is 2.60. The van der Waals surface area contributed by atoms with Crippen LogP contribution in [0.25, 0.3) is 11.4 Å². The van der Waals surface area contributed by atoms with Crippen LogP contribution in [0.4, 0.5) is 0 Å². The van der Waals surface area contributed by atoms with Gasteiger partial charge in [0.15, 0.2) is 5.82 Å². The predicted molar refractivity (Wildman–Crippen MR) is 83.0 cm³/mol. The summed E-state index contributed by atoms with van der Waals surface area (Å²) in [6.07, 6.45) is 5.87. The molecule has 110 valence electrons. The molecule has 2 heterocycles. The monoisotopic (exact) mass is 283 g/mol. The lowest BCUT2D eigenvalue weighted by molar-refractivity contribution is 0.0375. The average molecular weight is 283 g/mol. The Labute approximate surface area is 125 Å². The van der Waals surface area contributed by atoms with E-state index in [9.17, 15) is 0 Å². The third kappa shape index (κ3) is 4.09. The molecule has 0 unspecified atom stereocenters. The number of hydrogen-bond acceptors (Lipinski definition) is 4. The van der Waals surface area contributed by atoms with Crippen molar-refractivity contribution in [2.45, 2.75) is 12.8 Å². The van der Waals surface area contributed by atoms with E-state index in [-0.39, 0.29) is 0 Å². The van der Waals surface area contributed by atoms with Crippen LogP contribution < -0.4 is 0 Å². The fraction of sp³-hybridized carbons (Fsp3) is 0.412. The van der Waals surface area contributed by atoms with Crippen molar-refractivity contribution in [3.05, 3.63) is 48.3 Å². The van der Waals surface area contributed by atoms with E-state index in [0.29, 0.717) is 0 Å². The van der Waals surface area contributed by atoms with Crippen LogP contribution in [0.2, 0.25) is 0 Å². The largest absolute Gasteiger partial charge is 0.379 e. The summed E-state index contributed by atoms with van der Waals surface area (Å²) in [5.74, 6) is 0.789. The maximum atomic E-state index is 5.37. The fourth-order valence-corrected chi connectivity index (χ4v) is 2.60. The topological polar surface area (TPSA) is 38.2 Å². The Kier molecular flexibility index (Phi) is 4.92. The van der Waals surface area contributed by atoms with Crippen LogP contribution in [0.5, 0.6) is 0 Å². The molecule has 1 fully saturated rings. The average Bonchev–Trinajstić information content (AvgIpc) is 2.57.